The van der Waals surface area contributed by atoms with Gasteiger partial charge >= 0.3 is 0 Å². The minimum atomic E-state index is -3.53. The molecule has 6 nitrogen and oxygen atoms in total. The van der Waals surface area contributed by atoms with E-state index in [1.165, 1.54) is 0 Å². The molecule has 2 heterocycles. The first-order chi connectivity index (χ1) is 10.6. The highest BCUT2D eigenvalue weighted by Gasteiger charge is 2.27. The van der Waals surface area contributed by atoms with E-state index in [1.807, 2.05) is 0 Å². The van der Waals surface area contributed by atoms with Gasteiger partial charge in [0.15, 0.2) is 5.76 Å². The maximum Gasteiger partial charge on any atom is 0.240 e. The van der Waals surface area contributed by atoms with E-state index in [9.17, 15) is 8.42 Å². The standard InChI is InChI=1S/C15H16N2O4S/c18-22(19,17-11-3-1-2-4-11)12-5-6-14-13(7-12)15-10(9-20-14)8-16-21-15/h5-8,11,17H,1-4,9H2. The average molecular weight is 320 g/mol. The van der Waals surface area contributed by atoms with Crippen molar-refractivity contribution < 1.29 is 17.7 Å². The third-order valence-corrected chi connectivity index (χ3v) is 5.73. The number of nitrogens with one attached hydrogen (secondary N) is 1. The summed E-state index contributed by atoms with van der Waals surface area (Å²) >= 11 is 0. The molecule has 0 unspecified atom stereocenters. The van der Waals surface area contributed by atoms with Gasteiger partial charge < -0.3 is 9.26 Å². The van der Waals surface area contributed by atoms with E-state index in [1.54, 1.807) is 24.4 Å². The third kappa shape index (κ3) is 2.30. The molecule has 1 fully saturated rings. The Morgan fingerprint density at radius 3 is 2.86 bits per heavy atom. The Balaban J connectivity index is 1.71. The predicted octanol–water partition coefficient (Wildman–Crippen LogP) is 2.45. The van der Waals surface area contributed by atoms with E-state index in [-0.39, 0.29) is 10.9 Å². The second kappa shape index (κ2) is 5.10. The number of benzene rings is 1. The molecule has 0 atom stereocenters. The van der Waals surface area contributed by atoms with Crippen molar-refractivity contribution in [2.24, 2.45) is 0 Å². The largest absolute Gasteiger partial charge is 0.488 e. The average Bonchev–Trinajstić information content (AvgIpc) is 3.17. The molecule has 1 saturated carbocycles. The Morgan fingerprint density at radius 1 is 1.23 bits per heavy atom. The van der Waals surface area contributed by atoms with Crippen LogP contribution < -0.4 is 9.46 Å². The van der Waals surface area contributed by atoms with Crippen LogP contribution in [0.3, 0.4) is 0 Å². The van der Waals surface area contributed by atoms with Crippen LogP contribution in [0.25, 0.3) is 11.3 Å². The SMILES string of the molecule is O=S(=O)(NC1CCCC1)c1ccc2c(c1)-c1oncc1CO2. The quantitative estimate of drug-likeness (QED) is 0.939. The molecular weight excluding hydrogens is 304 g/mol. The number of sulfonamides is 1. The lowest BCUT2D eigenvalue weighted by atomic mass is 10.1. The van der Waals surface area contributed by atoms with Gasteiger partial charge in [-0.15, -0.1) is 0 Å². The topological polar surface area (TPSA) is 81.4 Å². The second-order valence-corrected chi connectivity index (χ2v) is 7.44. The summed E-state index contributed by atoms with van der Waals surface area (Å²) in [6.07, 6.45) is 5.55. The van der Waals surface area contributed by atoms with Gasteiger partial charge in [0.05, 0.1) is 22.2 Å². The fraction of sp³-hybridized carbons (Fsp3) is 0.400. The molecular formula is C15H16N2O4S. The van der Waals surface area contributed by atoms with Gasteiger partial charge in [0.2, 0.25) is 10.0 Å². The minimum absolute atomic E-state index is 0.0399. The summed E-state index contributed by atoms with van der Waals surface area (Å²) in [7, 11) is -3.53. The number of ether oxygens (including phenoxy) is 1. The zero-order valence-corrected chi connectivity index (χ0v) is 12.7. The van der Waals surface area contributed by atoms with Crippen molar-refractivity contribution in [3.63, 3.8) is 0 Å². The van der Waals surface area contributed by atoms with Crippen LogP contribution in [-0.2, 0) is 16.6 Å². The molecule has 0 radical (unpaired) electrons. The summed E-state index contributed by atoms with van der Waals surface area (Å²) in [6, 6.07) is 4.87. The maximum atomic E-state index is 12.5. The van der Waals surface area contributed by atoms with E-state index >= 15 is 0 Å². The molecule has 1 aromatic heterocycles. The van der Waals surface area contributed by atoms with E-state index in [2.05, 4.69) is 9.88 Å². The van der Waals surface area contributed by atoms with Crippen LogP contribution in [-0.4, -0.2) is 19.6 Å². The monoisotopic (exact) mass is 320 g/mol. The summed E-state index contributed by atoms with van der Waals surface area (Å²) in [5.74, 6) is 1.20. The summed E-state index contributed by atoms with van der Waals surface area (Å²) in [6.45, 7) is 0.387. The fourth-order valence-corrected chi connectivity index (χ4v) is 4.38. The molecule has 7 heteroatoms. The van der Waals surface area contributed by atoms with Crippen molar-refractivity contribution in [3.05, 3.63) is 30.0 Å². The van der Waals surface area contributed by atoms with Gasteiger partial charge in [0.1, 0.15) is 12.4 Å². The Hall–Kier alpha value is -1.86. The summed E-state index contributed by atoms with van der Waals surface area (Å²) in [5, 5.41) is 3.76. The molecule has 2 aromatic rings. The van der Waals surface area contributed by atoms with Crippen LogP contribution in [0.1, 0.15) is 31.2 Å². The van der Waals surface area contributed by atoms with Gasteiger partial charge in [-0.1, -0.05) is 18.0 Å². The first kappa shape index (κ1) is 13.8. The van der Waals surface area contributed by atoms with Gasteiger partial charge in [-0.2, -0.15) is 0 Å². The highest BCUT2D eigenvalue weighted by atomic mass is 32.2. The van der Waals surface area contributed by atoms with Crippen LogP contribution in [0, 0.1) is 0 Å². The van der Waals surface area contributed by atoms with Crippen molar-refractivity contribution in [3.8, 4) is 17.1 Å². The lowest BCUT2D eigenvalue weighted by Crippen LogP contribution is -2.32. The van der Waals surface area contributed by atoms with Crippen LogP contribution in [0.15, 0.2) is 33.8 Å². The van der Waals surface area contributed by atoms with E-state index in [4.69, 9.17) is 9.26 Å². The Kier molecular flexibility index (Phi) is 3.19. The van der Waals surface area contributed by atoms with Gasteiger partial charge in [-0.05, 0) is 31.0 Å². The summed E-state index contributed by atoms with van der Waals surface area (Å²) < 4.78 is 38.7. The van der Waals surface area contributed by atoms with Crippen LogP contribution in [0.2, 0.25) is 0 Å². The van der Waals surface area contributed by atoms with Crippen molar-refractivity contribution >= 4 is 10.0 Å². The van der Waals surface area contributed by atoms with E-state index in [0.717, 1.165) is 31.2 Å². The Labute approximate surface area is 128 Å². The highest BCUT2D eigenvalue weighted by Crippen LogP contribution is 2.38. The van der Waals surface area contributed by atoms with Crippen LogP contribution in [0.5, 0.6) is 5.75 Å². The molecule has 1 N–H and O–H groups in total. The van der Waals surface area contributed by atoms with Gasteiger partial charge in [0.25, 0.3) is 0 Å². The lowest BCUT2D eigenvalue weighted by Gasteiger charge is -2.17. The molecule has 22 heavy (non-hydrogen) atoms. The molecule has 0 saturated heterocycles. The normalized spacial score (nSPS) is 17.8. The Morgan fingerprint density at radius 2 is 2.05 bits per heavy atom. The number of fused-ring (bicyclic) bond motifs is 3. The maximum absolute atomic E-state index is 12.5. The molecule has 2 aliphatic rings. The van der Waals surface area contributed by atoms with Crippen LogP contribution in [0.4, 0.5) is 0 Å². The first-order valence-electron chi connectivity index (χ1n) is 7.36. The molecule has 1 aliphatic carbocycles. The van der Waals surface area contributed by atoms with Gasteiger partial charge in [0, 0.05) is 6.04 Å². The van der Waals surface area contributed by atoms with Crippen molar-refractivity contribution in [1.29, 1.82) is 0 Å². The van der Waals surface area contributed by atoms with Crippen LogP contribution >= 0.6 is 0 Å². The number of hydrogen-bond donors (Lipinski definition) is 1. The van der Waals surface area contributed by atoms with Gasteiger partial charge in [-0.25, -0.2) is 13.1 Å². The van der Waals surface area contributed by atoms with E-state index < -0.39 is 10.0 Å². The number of rotatable bonds is 3. The van der Waals surface area contributed by atoms with Crippen molar-refractivity contribution in [2.45, 2.75) is 43.2 Å². The predicted molar refractivity (Wildman–Crippen MR) is 78.8 cm³/mol. The molecule has 0 amide bonds. The third-order valence-electron chi connectivity index (χ3n) is 4.21. The Bertz CT molecular complexity index is 807. The summed E-state index contributed by atoms with van der Waals surface area (Å²) in [5.41, 5.74) is 1.46. The number of nitrogens with zero attached hydrogens (tertiary/aromatic N) is 1. The smallest absolute Gasteiger partial charge is 0.240 e. The zero-order valence-electron chi connectivity index (χ0n) is 11.9. The molecule has 0 spiro atoms. The number of aromatic nitrogens is 1. The summed E-state index contributed by atoms with van der Waals surface area (Å²) in [4.78, 5) is 0.228. The zero-order chi connectivity index (χ0) is 15.2. The molecule has 4 rings (SSSR count). The lowest BCUT2D eigenvalue weighted by molar-refractivity contribution is 0.297. The second-order valence-electron chi connectivity index (χ2n) is 5.73. The highest BCUT2D eigenvalue weighted by molar-refractivity contribution is 7.89. The fourth-order valence-electron chi connectivity index (χ4n) is 3.05. The van der Waals surface area contributed by atoms with E-state index in [0.29, 0.717) is 23.7 Å². The minimum Gasteiger partial charge on any atom is -0.488 e. The molecule has 116 valence electrons. The molecule has 1 aromatic carbocycles. The van der Waals surface area contributed by atoms with Crippen molar-refractivity contribution in [2.75, 3.05) is 0 Å². The van der Waals surface area contributed by atoms with Crippen molar-refractivity contribution in [1.82, 2.24) is 9.88 Å². The molecule has 0 bridgehead atoms. The first-order valence-corrected chi connectivity index (χ1v) is 8.85. The number of hydrogen-bond acceptors (Lipinski definition) is 5. The van der Waals surface area contributed by atoms with Gasteiger partial charge in [-0.3, -0.25) is 0 Å². The molecule has 1 aliphatic heterocycles.